The maximum Gasteiger partial charge on any atom is 0.257 e. The Balaban J connectivity index is 1.49. The molecule has 0 bridgehead atoms. The number of hydrogen-bond donors (Lipinski definition) is 2. The van der Waals surface area contributed by atoms with E-state index in [2.05, 4.69) is 16.9 Å². The number of carbonyl (C=O) groups is 2. The van der Waals surface area contributed by atoms with Crippen LogP contribution in [-0.4, -0.2) is 24.9 Å². The van der Waals surface area contributed by atoms with Crippen LogP contribution in [0.2, 0.25) is 0 Å². The maximum atomic E-state index is 13.1. The molecule has 2 aromatic carbocycles. The van der Waals surface area contributed by atoms with Crippen molar-refractivity contribution < 1.29 is 14.0 Å². The minimum Gasteiger partial charge on any atom is -0.362 e. The second kappa shape index (κ2) is 7.79. The number of benzene rings is 2. The van der Waals surface area contributed by atoms with Crippen LogP contribution in [-0.2, 0) is 22.4 Å². The number of anilines is 1. The standard InChI is InChI=1S/C19H20FN3O2/c20-16-8-3-5-14(11-16)12-18(24)21-22-19(25)13-23-10-4-7-15-6-1-2-9-17(15)23/h1-3,5-6,8-9,11H,4,7,10,12-13H2,(H,21,24)(H,22,25). The number of hydrazine groups is 1. The molecule has 0 spiro atoms. The van der Waals surface area contributed by atoms with Gasteiger partial charge in [0.25, 0.3) is 5.91 Å². The molecule has 0 saturated carbocycles. The molecule has 130 valence electrons. The van der Waals surface area contributed by atoms with Crippen molar-refractivity contribution in [2.45, 2.75) is 19.3 Å². The fraction of sp³-hybridized carbons (Fsp3) is 0.263. The number of hydrogen-bond acceptors (Lipinski definition) is 3. The number of aryl methyl sites for hydroxylation is 1. The highest BCUT2D eigenvalue weighted by Crippen LogP contribution is 2.26. The number of carbonyl (C=O) groups excluding carboxylic acids is 2. The molecule has 1 aliphatic rings. The number of para-hydroxylation sites is 1. The van der Waals surface area contributed by atoms with Crippen molar-refractivity contribution in [1.29, 1.82) is 0 Å². The smallest absolute Gasteiger partial charge is 0.257 e. The number of halogens is 1. The van der Waals surface area contributed by atoms with Crippen molar-refractivity contribution in [3.8, 4) is 0 Å². The van der Waals surface area contributed by atoms with Crippen LogP contribution in [0, 0.1) is 5.82 Å². The molecule has 2 aromatic rings. The van der Waals surface area contributed by atoms with Gasteiger partial charge in [0.15, 0.2) is 0 Å². The second-order valence-electron chi connectivity index (χ2n) is 6.06. The Morgan fingerprint density at radius 2 is 1.84 bits per heavy atom. The zero-order chi connectivity index (χ0) is 17.6. The molecule has 0 fully saturated rings. The molecule has 0 aliphatic carbocycles. The summed E-state index contributed by atoms with van der Waals surface area (Å²) in [7, 11) is 0. The number of nitrogens with one attached hydrogen (secondary N) is 2. The highest BCUT2D eigenvalue weighted by atomic mass is 19.1. The van der Waals surface area contributed by atoms with Crippen LogP contribution >= 0.6 is 0 Å². The van der Waals surface area contributed by atoms with Crippen molar-refractivity contribution >= 4 is 17.5 Å². The Hall–Kier alpha value is -2.89. The van der Waals surface area contributed by atoms with Gasteiger partial charge in [0.2, 0.25) is 5.91 Å². The predicted octanol–water partition coefficient (Wildman–Crippen LogP) is 1.97. The fourth-order valence-electron chi connectivity index (χ4n) is 3.00. The van der Waals surface area contributed by atoms with Crippen molar-refractivity contribution in [2.24, 2.45) is 0 Å². The molecule has 25 heavy (non-hydrogen) atoms. The first kappa shape index (κ1) is 17.0. The predicted molar refractivity (Wildman–Crippen MR) is 93.4 cm³/mol. The van der Waals surface area contributed by atoms with E-state index < -0.39 is 11.7 Å². The molecule has 1 aliphatic heterocycles. The number of rotatable bonds is 4. The van der Waals surface area contributed by atoms with Gasteiger partial charge in [-0.3, -0.25) is 20.4 Å². The molecule has 6 heteroatoms. The SMILES string of the molecule is O=C(Cc1cccc(F)c1)NNC(=O)CN1CCCc2ccccc21. The highest BCUT2D eigenvalue weighted by Gasteiger charge is 2.18. The van der Waals surface area contributed by atoms with Crippen LogP contribution in [0.25, 0.3) is 0 Å². The normalized spacial score (nSPS) is 13.1. The molecule has 0 aromatic heterocycles. The van der Waals surface area contributed by atoms with Crippen molar-refractivity contribution in [2.75, 3.05) is 18.0 Å². The van der Waals surface area contributed by atoms with E-state index in [0.717, 1.165) is 25.1 Å². The summed E-state index contributed by atoms with van der Waals surface area (Å²) in [6.07, 6.45) is 2.01. The van der Waals surface area contributed by atoms with Crippen molar-refractivity contribution in [3.63, 3.8) is 0 Å². The van der Waals surface area contributed by atoms with Crippen LogP contribution in [0.15, 0.2) is 48.5 Å². The average Bonchev–Trinajstić information content (AvgIpc) is 2.60. The molecule has 5 nitrogen and oxygen atoms in total. The van der Waals surface area contributed by atoms with Gasteiger partial charge in [-0.25, -0.2) is 4.39 Å². The summed E-state index contributed by atoms with van der Waals surface area (Å²) in [4.78, 5) is 26.0. The summed E-state index contributed by atoms with van der Waals surface area (Å²) in [5, 5.41) is 0. The third-order valence-electron chi connectivity index (χ3n) is 4.14. The Kier molecular flexibility index (Phi) is 5.28. The Morgan fingerprint density at radius 3 is 2.68 bits per heavy atom. The summed E-state index contributed by atoms with van der Waals surface area (Å²) in [5.74, 6) is -1.07. The lowest BCUT2D eigenvalue weighted by Crippen LogP contribution is -2.47. The highest BCUT2D eigenvalue weighted by molar-refractivity contribution is 5.86. The van der Waals surface area contributed by atoms with Crippen LogP contribution in [0.3, 0.4) is 0 Å². The number of amides is 2. The van der Waals surface area contributed by atoms with Gasteiger partial charge < -0.3 is 4.90 Å². The first-order valence-corrected chi connectivity index (χ1v) is 8.27. The average molecular weight is 341 g/mol. The van der Waals surface area contributed by atoms with E-state index in [1.165, 1.54) is 17.7 Å². The minimum atomic E-state index is -0.391. The van der Waals surface area contributed by atoms with Gasteiger partial charge in [-0.1, -0.05) is 30.3 Å². The fourth-order valence-corrected chi connectivity index (χ4v) is 3.00. The third-order valence-corrected chi connectivity index (χ3v) is 4.14. The van der Waals surface area contributed by atoms with Crippen molar-refractivity contribution in [1.82, 2.24) is 10.9 Å². The van der Waals surface area contributed by atoms with Crippen molar-refractivity contribution in [3.05, 3.63) is 65.5 Å². The van der Waals surface area contributed by atoms with Crippen LogP contribution < -0.4 is 15.8 Å². The van der Waals surface area contributed by atoms with Crippen LogP contribution in [0.1, 0.15) is 17.5 Å². The lowest BCUT2D eigenvalue weighted by molar-refractivity contribution is -0.127. The van der Waals surface area contributed by atoms with Gasteiger partial charge in [0.1, 0.15) is 5.82 Å². The third kappa shape index (κ3) is 4.56. The molecule has 0 atom stereocenters. The molecule has 0 unspecified atom stereocenters. The van der Waals surface area contributed by atoms with E-state index in [1.807, 2.05) is 23.1 Å². The van der Waals surface area contributed by atoms with Crippen LogP contribution in [0.5, 0.6) is 0 Å². The summed E-state index contributed by atoms with van der Waals surface area (Å²) >= 11 is 0. The van der Waals surface area contributed by atoms with Gasteiger partial charge in [-0.2, -0.15) is 0 Å². The summed E-state index contributed by atoms with van der Waals surface area (Å²) in [5.41, 5.74) is 7.65. The van der Waals surface area contributed by atoms with Gasteiger partial charge in [0, 0.05) is 12.2 Å². The summed E-state index contributed by atoms with van der Waals surface area (Å²) < 4.78 is 13.1. The minimum absolute atomic E-state index is 0.00455. The van der Waals surface area contributed by atoms with E-state index in [9.17, 15) is 14.0 Å². The molecule has 3 rings (SSSR count). The molecule has 1 heterocycles. The lowest BCUT2D eigenvalue weighted by Gasteiger charge is -2.30. The van der Waals surface area contributed by atoms with Gasteiger partial charge in [0.05, 0.1) is 13.0 Å². The van der Waals surface area contributed by atoms with Crippen LogP contribution in [0.4, 0.5) is 10.1 Å². The van der Waals surface area contributed by atoms with Gasteiger partial charge >= 0.3 is 0 Å². The van der Waals surface area contributed by atoms with Gasteiger partial charge in [-0.15, -0.1) is 0 Å². The first-order valence-electron chi connectivity index (χ1n) is 8.27. The Morgan fingerprint density at radius 1 is 1.04 bits per heavy atom. The molecular formula is C19H20FN3O2. The Labute approximate surface area is 145 Å². The molecule has 0 radical (unpaired) electrons. The molecule has 2 N–H and O–H groups in total. The summed E-state index contributed by atoms with van der Waals surface area (Å²) in [6.45, 7) is 0.985. The largest absolute Gasteiger partial charge is 0.362 e. The zero-order valence-electron chi connectivity index (χ0n) is 13.8. The van der Waals surface area contributed by atoms with E-state index in [0.29, 0.717) is 5.56 Å². The number of fused-ring (bicyclic) bond motifs is 1. The first-order chi connectivity index (χ1) is 12.1. The van der Waals surface area contributed by atoms with E-state index in [1.54, 1.807) is 12.1 Å². The number of nitrogens with zero attached hydrogens (tertiary/aromatic N) is 1. The summed E-state index contributed by atoms with van der Waals surface area (Å²) in [6, 6.07) is 13.8. The molecule has 2 amide bonds. The van der Waals surface area contributed by atoms with E-state index in [-0.39, 0.29) is 18.9 Å². The lowest BCUT2D eigenvalue weighted by atomic mass is 10.0. The van der Waals surface area contributed by atoms with Gasteiger partial charge in [-0.05, 0) is 42.2 Å². The monoisotopic (exact) mass is 341 g/mol. The van der Waals surface area contributed by atoms with E-state index in [4.69, 9.17) is 0 Å². The zero-order valence-corrected chi connectivity index (χ0v) is 13.8. The quantitative estimate of drug-likeness (QED) is 0.836. The second-order valence-corrected chi connectivity index (χ2v) is 6.06. The van der Waals surface area contributed by atoms with E-state index >= 15 is 0 Å². The topological polar surface area (TPSA) is 61.4 Å². The molecule has 0 saturated heterocycles. The Bertz CT molecular complexity index is 779. The molecular weight excluding hydrogens is 321 g/mol. The maximum absolute atomic E-state index is 13.1.